The third-order valence-electron chi connectivity index (χ3n) is 7.87. The summed E-state index contributed by atoms with van der Waals surface area (Å²) in [6, 6.07) is 0.558. The molecule has 3 fully saturated rings. The number of piperidine rings is 1. The molecule has 3 aliphatic rings. The second-order valence-electron chi connectivity index (χ2n) is 10.3. The Balaban J connectivity index is 0.00000341. The number of hydrogen-bond acceptors (Lipinski definition) is 4. The van der Waals surface area contributed by atoms with Gasteiger partial charge in [0.1, 0.15) is 0 Å². The maximum Gasteiger partial charge on any atom is 0.191 e. The molecule has 2 aliphatic heterocycles. The fourth-order valence-electron chi connectivity index (χ4n) is 5.79. The van der Waals surface area contributed by atoms with Crippen molar-refractivity contribution >= 4 is 29.9 Å². The quantitative estimate of drug-likeness (QED) is 0.291. The highest BCUT2D eigenvalue weighted by molar-refractivity contribution is 14.0. The average molecular weight is 549 g/mol. The van der Waals surface area contributed by atoms with Gasteiger partial charge in [0, 0.05) is 57.9 Å². The van der Waals surface area contributed by atoms with Crippen molar-refractivity contribution in [2.75, 3.05) is 66.5 Å². The molecule has 0 aromatic carbocycles. The Morgan fingerprint density at radius 2 is 1.48 bits per heavy atom. The summed E-state index contributed by atoms with van der Waals surface area (Å²) in [6.07, 6.45) is 11.0. The first kappa shape index (κ1) is 27.1. The van der Waals surface area contributed by atoms with E-state index in [-0.39, 0.29) is 24.0 Å². The van der Waals surface area contributed by atoms with Gasteiger partial charge in [0.15, 0.2) is 5.96 Å². The van der Waals surface area contributed by atoms with Crippen LogP contribution in [0.15, 0.2) is 4.99 Å². The summed E-state index contributed by atoms with van der Waals surface area (Å²) in [5, 5.41) is 7.44. The van der Waals surface area contributed by atoms with E-state index in [0.717, 1.165) is 19.0 Å². The molecule has 0 aromatic rings. The summed E-state index contributed by atoms with van der Waals surface area (Å²) in [5.74, 6) is 1.62. The second-order valence-corrected chi connectivity index (χ2v) is 10.3. The number of guanidine groups is 1. The zero-order valence-electron chi connectivity index (χ0n) is 20.7. The molecular formula is C24H49IN6. The van der Waals surface area contributed by atoms with Crippen molar-refractivity contribution in [3.8, 4) is 0 Å². The van der Waals surface area contributed by atoms with Gasteiger partial charge in [-0.25, -0.2) is 0 Å². The van der Waals surface area contributed by atoms with Gasteiger partial charge in [0.25, 0.3) is 0 Å². The number of aliphatic imine (C=N–C) groups is 1. The number of likely N-dealkylation sites (tertiary alicyclic amines) is 1. The molecule has 6 nitrogen and oxygen atoms in total. The largest absolute Gasteiger partial charge is 0.355 e. The lowest BCUT2D eigenvalue weighted by Gasteiger charge is -2.48. The molecule has 0 bridgehead atoms. The van der Waals surface area contributed by atoms with Crippen LogP contribution in [0.2, 0.25) is 0 Å². The highest BCUT2D eigenvalue weighted by Crippen LogP contribution is 2.35. The Morgan fingerprint density at radius 3 is 2.06 bits per heavy atom. The molecule has 1 atom stereocenters. The van der Waals surface area contributed by atoms with Gasteiger partial charge in [0.2, 0.25) is 0 Å². The van der Waals surface area contributed by atoms with Crippen LogP contribution in [0.5, 0.6) is 0 Å². The Kier molecular flexibility index (Phi) is 11.9. The molecule has 0 aromatic heterocycles. The summed E-state index contributed by atoms with van der Waals surface area (Å²) in [6.45, 7) is 14.0. The van der Waals surface area contributed by atoms with Crippen molar-refractivity contribution in [1.29, 1.82) is 0 Å². The van der Waals surface area contributed by atoms with E-state index >= 15 is 0 Å². The minimum atomic E-state index is 0. The van der Waals surface area contributed by atoms with Gasteiger partial charge in [-0.2, -0.15) is 0 Å². The van der Waals surface area contributed by atoms with Crippen molar-refractivity contribution < 1.29 is 0 Å². The number of rotatable bonds is 7. The maximum absolute atomic E-state index is 4.59. The van der Waals surface area contributed by atoms with E-state index in [4.69, 9.17) is 0 Å². The van der Waals surface area contributed by atoms with Gasteiger partial charge in [0.05, 0.1) is 0 Å². The zero-order valence-corrected chi connectivity index (χ0v) is 23.0. The van der Waals surface area contributed by atoms with E-state index in [9.17, 15) is 0 Å². The number of piperazine rings is 1. The summed E-state index contributed by atoms with van der Waals surface area (Å²) in [5.41, 5.74) is 0.338. The van der Waals surface area contributed by atoms with Crippen molar-refractivity contribution in [3.63, 3.8) is 0 Å². The molecule has 1 aliphatic carbocycles. The molecule has 0 radical (unpaired) electrons. The smallest absolute Gasteiger partial charge is 0.191 e. The van der Waals surface area contributed by atoms with Crippen LogP contribution < -0.4 is 10.6 Å². The first-order valence-corrected chi connectivity index (χ1v) is 12.7. The fraction of sp³-hybridized carbons (Fsp3) is 0.958. The van der Waals surface area contributed by atoms with Crippen LogP contribution in [0.3, 0.4) is 0 Å². The Hall–Kier alpha value is -0.120. The lowest BCUT2D eigenvalue weighted by Crippen LogP contribution is -2.60. The molecule has 7 heteroatoms. The molecule has 0 amide bonds. The first-order chi connectivity index (χ1) is 14.5. The minimum Gasteiger partial charge on any atom is -0.355 e. The van der Waals surface area contributed by atoms with Crippen molar-refractivity contribution in [2.45, 2.75) is 76.8 Å². The Morgan fingerprint density at radius 1 is 0.871 bits per heavy atom. The third kappa shape index (κ3) is 7.71. The number of halogens is 1. The van der Waals surface area contributed by atoms with Crippen LogP contribution >= 0.6 is 24.0 Å². The minimum absolute atomic E-state index is 0. The standard InChI is InChI=1S/C24H48N6.HI/c1-21(2)22(29-17-15-28(4)16-18-29)19-26-23(25-3)27-20-24(11-7-5-8-12-24)30-13-9-6-10-14-30;/h21-22H,5-20H2,1-4H3,(H2,25,26,27);1H. The molecule has 1 saturated carbocycles. The Bertz CT molecular complexity index is 520. The van der Waals surface area contributed by atoms with Crippen LogP contribution in [0, 0.1) is 5.92 Å². The average Bonchev–Trinajstić information content (AvgIpc) is 2.78. The van der Waals surface area contributed by atoms with E-state index < -0.39 is 0 Å². The monoisotopic (exact) mass is 548 g/mol. The molecule has 182 valence electrons. The SMILES string of the molecule is CN=C(NCC(C(C)C)N1CCN(C)CC1)NCC1(N2CCCCC2)CCCCC1.I. The molecular weight excluding hydrogens is 499 g/mol. The van der Waals surface area contributed by atoms with Gasteiger partial charge in [-0.3, -0.25) is 14.8 Å². The molecule has 2 heterocycles. The van der Waals surface area contributed by atoms with Crippen LogP contribution in [0.1, 0.15) is 65.2 Å². The highest BCUT2D eigenvalue weighted by atomic mass is 127. The van der Waals surface area contributed by atoms with E-state index in [0.29, 0.717) is 17.5 Å². The van der Waals surface area contributed by atoms with Gasteiger partial charge in [-0.15, -0.1) is 24.0 Å². The zero-order chi connectivity index (χ0) is 21.4. The predicted octanol–water partition coefficient (Wildman–Crippen LogP) is 3.23. The third-order valence-corrected chi connectivity index (χ3v) is 7.87. The highest BCUT2D eigenvalue weighted by Gasteiger charge is 2.38. The van der Waals surface area contributed by atoms with Gasteiger partial charge >= 0.3 is 0 Å². The number of nitrogens with one attached hydrogen (secondary N) is 2. The van der Waals surface area contributed by atoms with Crippen LogP contribution in [-0.4, -0.2) is 98.7 Å². The lowest BCUT2D eigenvalue weighted by molar-refractivity contribution is 0.0367. The number of nitrogens with zero attached hydrogens (tertiary/aromatic N) is 4. The normalized spacial score (nSPS) is 25.1. The van der Waals surface area contributed by atoms with E-state index in [1.807, 2.05) is 7.05 Å². The number of likely N-dealkylation sites (N-methyl/N-ethyl adjacent to an activating group) is 1. The van der Waals surface area contributed by atoms with Crippen molar-refractivity contribution in [3.05, 3.63) is 0 Å². The maximum atomic E-state index is 4.59. The molecule has 3 rings (SSSR count). The topological polar surface area (TPSA) is 46.1 Å². The Labute approximate surface area is 209 Å². The van der Waals surface area contributed by atoms with E-state index in [2.05, 4.69) is 51.2 Å². The second kappa shape index (κ2) is 13.6. The summed E-state index contributed by atoms with van der Waals surface area (Å²) >= 11 is 0. The van der Waals surface area contributed by atoms with Gasteiger partial charge < -0.3 is 15.5 Å². The molecule has 2 N–H and O–H groups in total. The summed E-state index contributed by atoms with van der Waals surface area (Å²) < 4.78 is 0. The van der Waals surface area contributed by atoms with Crippen LogP contribution in [-0.2, 0) is 0 Å². The molecule has 31 heavy (non-hydrogen) atoms. The van der Waals surface area contributed by atoms with Crippen molar-refractivity contribution in [1.82, 2.24) is 25.3 Å². The number of hydrogen-bond donors (Lipinski definition) is 2. The van der Waals surface area contributed by atoms with Crippen LogP contribution in [0.4, 0.5) is 0 Å². The molecule has 2 saturated heterocycles. The molecule has 0 spiro atoms. The first-order valence-electron chi connectivity index (χ1n) is 12.7. The van der Waals surface area contributed by atoms with Crippen LogP contribution in [0.25, 0.3) is 0 Å². The van der Waals surface area contributed by atoms with Crippen molar-refractivity contribution in [2.24, 2.45) is 10.9 Å². The van der Waals surface area contributed by atoms with Gasteiger partial charge in [-0.05, 0) is 51.7 Å². The summed E-state index contributed by atoms with van der Waals surface area (Å²) in [4.78, 5) is 12.5. The fourth-order valence-corrected chi connectivity index (χ4v) is 5.79. The van der Waals surface area contributed by atoms with E-state index in [1.165, 1.54) is 90.6 Å². The molecule has 1 unspecified atom stereocenters. The predicted molar refractivity (Wildman–Crippen MR) is 144 cm³/mol. The lowest BCUT2D eigenvalue weighted by atomic mass is 9.79. The summed E-state index contributed by atoms with van der Waals surface area (Å²) in [7, 11) is 4.15. The van der Waals surface area contributed by atoms with Gasteiger partial charge in [-0.1, -0.05) is 39.5 Å². The van der Waals surface area contributed by atoms with E-state index in [1.54, 1.807) is 0 Å².